The van der Waals surface area contributed by atoms with Crippen LogP contribution in [0.15, 0.2) is 42.5 Å². The number of benzene rings is 2. The first kappa shape index (κ1) is 13.4. The minimum atomic E-state index is -0.946. The molecule has 21 heavy (non-hydrogen) atoms. The van der Waals surface area contributed by atoms with Gasteiger partial charge in [-0.2, -0.15) is 0 Å². The van der Waals surface area contributed by atoms with Gasteiger partial charge in [-0.15, -0.1) is 5.10 Å². The molecule has 0 atom stereocenters. The predicted molar refractivity (Wildman–Crippen MR) is 73.5 cm³/mol. The molecule has 3 aromatic rings. The van der Waals surface area contributed by atoms with Crippen molar-refractivity contribution >= 4 is 0 Å². The molecule has 0 radical (unpaired) electrons. The van der Waals surface area contributed by atoms with E-state index in [2.05, 4.69) is 15.5 Å². The van der Waals surface area contributed by atoms with Crippen molar-refractivity contribution in [2.75, 3.05) is 0 Å². The molecule has 4 nitrogen and oxygen atoms in total. The summed E-state index contributed by atoms with van der Waals surface area (Å²) in [4.78, 5) is 0. The zero-order valence-corrected chi connectivity index (χ0v) is 11.3. The first-order valence-electron chi connectivity index (χ1n) is 6.42. The van der Waals surface area contributed by atoms with Gasteiger partial charge < -0.3 is 0 Å². The number of hydrogen-bond donors (Lipinski definition) is 0. The lowest BCUT2D eigenvalue weighted by Gasteiger charge is -2.08. The normalized spacial score (nSPS) is 10.8. The molecule has 0 aliphatic heterocycles. The summed E-state index contributed by atoms with van der Waals surface area (Å²) in [6.07, 6.45) is 0. The van der Waals surface area contributed by atoms with Crippen molar-refractivity contribution in [1.29, 1.82) is 0 Å². The fourth-order valence-corrected chi connectivity index (χ4v) is 2.13. The van der Waals surface area contributed by atoms with E-state index in [1.165, 1.54) is 16.8 Å². The lowest BCUT2D eigenvalue weighted by Crippen LogP contribution is -2.06. The molecule has 0 aliphatic rings. The molecule has 0 spiro atoms. The number of aromatic nitrogens is 4. The Bertz CT molecular complexity index is 783. The second kappa shape index (κ2) is 5.40. The average Bonchev–Trinajstić information content (AvgIpc) is 2.92. The summed E-state index contributed by atoms with van der Waals surface area (Å²) in [5.74, 6) is -1.66. The van der Waals surface area contributed by atoms with Crippen LogP contribution in [0, 0.1) is 18.6 Å². The van der Waals surface area contributed by atoms with E-state index in [0.29, 0.717) is 6.54 Å². The van der Waals surface area contributed by atoms with Gasteiger partial charge in [-0.1, -0.05) is 30.3 Å². The van der Waals surface area contributed by atoms with Crippen LogP contribution in [0.2, 0.25) is 0 Å². The SMILES string of the molecule is Cc1ccccc1Cn1nnnc1-c1cccc(F)c1F. The maximum atomic E-state index is 13.9. The molecule has 0 aliphatic carbocycles. The van der Waals surface area contributed by atoms with Crippen LogP contribution in [0.5, 0.6) is 0 Å². The zero-order valence-electron chi connectivity index (χ0n) is 11.3. The van der Waals surface area contributed by atoms with Gasteiger partial charge in [0.2, 0.25) is 0 Å². The second-order valence-electron chi connectivity index (χ2n) is 4.69. The van der Waals surface area contributed by atoms with Gasteiger partial charge in [-0.05, 0) is 40.6 Å². The summed E-state index contributed by atoms with van der Waals surface area (Å²) in [5, 5.41) is 11.2. The van der Waals surface area contributed by atoms with E-state index in [9.17, 15) is 8.78 Å². The van der Waals surface area contributed by atoms with E-state index in [1.54, 1.807) is 0 Å². The van der Waals surface area contributed by atoms with Gasteiger partial charge in [0.15, 0.2) is 17.5 Å². The van der Waals surface area contributed by atoms with Crippen LogP contribution in [0.1, 0.15) is 11.1 Å². The van der Waals surface area contributed by atoms with Crippen molar-refractivity contribution in [3.05, 3.63) is 65.2 Å². The van der Waals surface area contributed by atoms with Gasteiger partial charge in [0, 0.05) is 0 Å². The fraction of sp³-hybridized carbons (Fsp3) is 0.133. The van der Waals surface area contributed by atoms with E-state index >= 15 is 0 Å². The van der Waals surface area contributed by atoms with Crippen LogP contribution in [0.25, 0.3) is 11.4 Å². The van der Waals surface area contributed by atoms with Crippen molar-refractivity contribution in [3.8, 4) is 11.4 Å². The van der Waals surface area contributed by atoms with Crippen LogP contribution < -0.4 is 0 Å². The molecule has 0 amide bonds. The highest BCUT2D eigenvalue weighted by atomic mass is 19.2. The number of rotatable bonds is 3. The number of aryl methyl sites for hydroxylation is 1. The highest BCUT2D eigenvalue weighted by molar-refractivity contribution is 5.55. The minimum Gasteiger partial charge on any atom is -0.221 e. The Labute approximate surface area is 120 Å². The fourth-order valence-electron chi connectivity index (χ4n) is 2.13. The van der Waals surface area contributed by atoms with Gasteiger partial charge in [0.25, 0.3) is 0 Å². The molecular weight excluding hydrogens is 274 g/mol. The van der Waals surface area contributed by atoms with Gasteiger partial charge in [0.1, 0.15) is 0 Å². The molecule has 0 saturated carbocycles. The first-order valence-corrected chi connectivity index (χ1v) is 6.42. The maximum absolute atomic E-state index is 13.9. The van der Waals surface area contributed by atoms with E-state index < -0.39 is 11.6 Å². The molecule has 106 valence electrons. The summed E-state index contributed by atoms with van der Waals surface area (Å²) in [6, 6.07) is 11.7. The van der Waals surface area contributed by atoms with Gasteiger partial charge in [0.05, 0.1) is 12.1 Å². The van der Waals surface area contributed by atoms with E-state index in [1.807, 2.05) is 31.2 Å². The Morgan fingerprint density at radius 3 is 2.67 bits per heavy atom. The lowest BCUT2D eigenvalue weighted by atomic mass is 10.1. The molecule has 3 rings (SSSR count). The molecule has 0 unspecified atom stereocenters. The van der Waals surface area contributed by atoms with Crippen molar-refractivity contribution in [1.82, 2.24) is 20.2 Å². The Morgan fingerprint density at radius 1 is 1.05 bits per heavy atom. The summed E-state index contributed by atoms with van der Waals surface area (Å²) >= 11 is 0. The van der Waals surface area contributed by atoms with Crippen molar-refractivity contribution in [3.63, 3.8) is 0 Å². The Balaban J connectivity index is 2.02. The summed E-state index contributed by atoms with van der Waals surface area (Å²) < 4.78 is 28.7. The zero-order chi connectivity index (χ0) is 14.8. The predicted octanol–water partition coefficient (Wildman–Crippen LogP) is 2.98. The highest BCUT2D eigenvalue weighted by Crippen LogP contribution is 2.22. The standard InChI is InChI=1S/C15H12F2N4/c1-10-5-2-3-6-11(10)9-21-15(18-19-20-21)12-7-4-8-13(16)14(12)17/h2-8H,9H2,1H3. The number of tetrazole rings is 1. The maximum Gasteiger partial charge on any atom is 0.185 e. The summed E-state index contributed by atoms with van der Waals surface area (Å²) in [6.45, 7) is 2.37. The topological polar surface area (TPSA) is 43.6 Å². The lowest BCUT2D eigenvalue weighted by molar-refractivity contribution is 0.509. The van der Waals surface area contributed by atoms with E-state index in [4.69, 9.17) is 0 Å². The number of halogens is 2. The molecule has 2 aromatic carbocycles. The monoisotopic (exact) mass is 286 g/mol. The first-order chi connectivity index (χ1) is 10.2. The Morgan fingerprint density at radius 2 is 1.86 bits per heavy atom. The third kappa shape index (κ3) is 2.52. The molecule has 0 N–H and O–H groups in total. The molecule has 0 saturated heterocycles. The van der Waals surface area contributed by atoms with Gasteiger partial charge >= 0.3 is 0 Å². The largest absolute Gasteiger partial charge is 0.221 e. The minimum absolute atomic E-state index is 0.0496. The van der Waals surface area contributed by atoms with Crippen molar-refractivity contribution in [2.24, 2.45) is 0 Å². The smallest absolute Gasteiger partial charge is 0.185 e. The van der Waals surface area contributed by atoms with Crippen LogP contribution in [-0.4, -0.2) is 20.2 Å². The van der Waals surface area contributed by atoms with Gasteiger partial charge in [-0.3, -0.25) is 0 Å². The third-order valence-electron chi connectivity index (χ3n) is 3.31. The van der Waals surface area contributed by atoms with Crippen molar-refractivity contribution in [2.45, 2.75) is 13.5 Å². The Hall–Kier alpha value is -2.63. The van der Waals surface area contributed by atoms with Gasteiger partial charge in [-0.25, -0.2) is 13.5 Å². The second-order valence-corrected chi connectivity index (χ2v) is 4.69. The molecule has 0 fully saturated rings. The van der Waals surface area contributed by atoms with Crippen LogP contribution in [-0.2, 0) is 6.54 Å². The number of nitrogens with zero attached hydrogens (tertiary/aromatic N) is 4. The van der Waals surface area contributed by atoms with Crippen LogP contribution >= 0.6 is 0 Å². The Kier molecular flexibility index (Phi) is 3.43. The molecular formula is C15H12F2N4. The third-order valence-corrected chi connectivity index (χ3v) is 3.31. The van der Waals surface area contributed by atoms with E-state index in [0.717, 1.165) is 17.2 Å². The highest BCUT2D eigenvalue weighted by Gasteiger charge is 2.16. The van der Waals surface area contributed by atoms with Crippen molar-refractivity contribution < 1.29 is 8.78 Å². The molecule has 1 aromatic heterocycles. The quantitative estimate of drug-likeness (QED) is 0.743. The average molecular weight is 286 g/mol. The molecule has 0 bridgehead atoms. The number of hydrogen-bond acceptors (Lipinski definition) is 3. The molecule has 1 heterocycles. The van der Waals surface area contributed by atoms with Crippen LogP contribution in [0.3, 0.4) is 0 Å². The summed E-state index contributed by atoms with van der Waals surface area (Å²) in [5.41, 5.74) is 2.15. The molecule has 6 heteroatoms. The van der Waals surface area contributed by atoms with Crippen LogP contribution in [0.4, 0.5) is 8.78 Å². The summed E-state index contributed by atoms with van der Waals surface area (Å²) in [7, 11) is 0. The van der Waals surface area contributed by atoms with E-state index in [-0.39, 0.29) is 11.4 Å².